The normalized spacial score (nSPS) is 52.6. The van der Waals surface area contributed by atoms with Gasteiger partial charge in [0.2, 0.25) is 0 Å². The van der Waals surface area contributed by atoms with E-state index < -0.39 is 5.97 Å². The summed E-state index contributed by atoms with van der Waals surface area (Å²) in [7, 11) is 0. The molecule has 4 atom stereocenters. The quantitative estimate of drug-likeness (QED) is 0.626. The van der Waals surface area contributed by atoms with Gasteiger partial charge in [-0.2, -0.15) is 14.7 Å². The van der Waals surface area contributed by atoms with Crippen molar-refractivity contribution in [2.24, 2.45) is 0 Å². The predicted molar refractivity (Wildman–Crippen MR) is 78.3 cm³/mol. The van der Waals surface area contributed by atoms with Crippen molar-refractivity contribution >= 4 is 0 Å². The van der Waals surface area contributed by atoms with Crippen molar-refractivity contribution in [3.8, 4) is 0 Å². The van der Waals surface area contributed by atoms with Gasteiger partial charge in [0.05, 0.1) is 0 Å². The lowest BCUT2D eigenvalue weighted by Gasteiger charge is -2.42. The molecule has 0 amide bonds. The monoisotopic (exact) mass is 278 g/mol. The van der Waals surface area contributed by atoms with E-state index >= 15 is 0 Å². The van der Waals surface area contributed by atoms with Gasteiger partial charge >= 0.3 is 5.97 Å². The highest BCUT2D eigenvalue weighted by Gasteiger charge is 2.72. The molecule has 5 aliphatic heterocycles. The zero-order valence-corrected chi connectivity index (χ0v) is 12.4. The third-order valence-corrected chi connectivity index (χ3v) is 6.86. The minimum Gasteiger partial charge on any atom is -0.403 e. The van der Waals surface area contributed by atoms with E-state index in [-0.39, 0.29) is 0 Å². The molecule has 5 rings (SSSR count). The second kappa shape index (κ2) is 4.19. The lowest BCUT2D eigenvalue weighted by Crippen LogP contribution is -2.63. The summed E-state index contributed by atoms with van der Waals surface area (Å²) in [6.07, 6.45) is 12.2. The fourth-order valence-corrected chi connectivity index (χ4v) is 6.23. The molecule has 5 aliphatic rings. The Morgan fingerprint density at radius 2 is 1.15 bits per heavy atom. The predicted octanol–water partition coefficient (Wildman–Crippen LogP) is 1.28. The topological polar surface area (TPSA) is 32.6 Å². The Morgan fingerprint density at radius 1 is 0.650 bits per heavy atom. The van der Waals surface area contributed by atoms with Crippen LogP contribution in [0.1, 0.15) is 57.8 Å². The molecule has 0 aromatic carbocycles. The number of hydrogen-bond donors (Lipinski definition) is 0. The maximum atomic E-state index is 9.42. The number of rotatable bonds is 0. The first-order valence-electron chi connectivity index (χ1n) is 8.89. The highest BCUT2D eigenvalue weighted by atomic mass is 16.4. The van der Waals surface area contributed by atoms with Gasteiger partial charge in [-0.25, -0.2) is 0 Å². The Labute approximate surface area is 121 Å². The molecule has 5 fully saturated rings. The highest BCUT2D eigenvalue weighted by molar-refractivity contribution is 5.15. The summed E-state index contributed by atoms with van der Waals surface area (Å²) in [6, 6.07) is 2.76. The van der Waals surface area contributed by atoms with Crippen molar-refractivity contribution in [2.75, 3.05) is 13.1 Å². The van der Waals surface area contributed by atoms with Gasteiger partial charge in [-0.1, -0.05) is 19.3 Å². The first-order valence-corrected chi connectivity index (χ1v) is 8.89. The molecule has 2 N–H and O–H groups in total. The maximum absolute atomic E-state index is 9.42. The summed E-state index contributed by atoms with van der Waals surface area (Å²) in [4.78, 5) is 7.89. The first kappa shape index (κ1) is 12.4. The number of piperidine rings is 3. The molecule has 5 saturated heterocycles. The Kier molecular flexibility index (Phi) is 2.59. The fraction of sp³-hybridized carbons (Fsp3) is 1.00. The van der Waals surface area contributed by atoms with Crippen LogP contribution in [0.2, 0.25) is 0 Å². The first-order chi connectivity index (χ1) is 9.82. The van der Waals surface area contributed by atoms with Gasteiger partial charge in [0.1, 0.15) is 0 Å². The van der Waals surface area contributed by atoms with Gasteiger partial charge in [0.15, 0.2) is 0 Å². The average Bonchev–Trinajstić information content (AvgIpc) is 2.93. The molecule has 0 aromatic heterocycles. The van der Waals surface area contributed by atoms with Crippen LogP contribution in [0.5, 0.6) is 0 Å². The highest BCUT2D eigenvalue weighted by Crippen LogP contribution is 2.53. The number of nitrogens with zero attached hydrogens (tertiary/aromatic N) is 3. The molecule has 0 bridgehead atoms. The molecule has 0 aliphatic carbocycles. The molecule has 0 saturated carbocycles. The summed E-state index contributed by atoms with van der Waals surface area (Å²) in [6.45, 7) is 2.33. The van der Waals surface area contributed by atoms with Gasteiger partial charge in [-0.3, -0.25) is 0 Å². The van der Waals surface area contributed by atoms with E-state index in [0.29, 0.717) is 24.2 Å². The zero-order chi connectivity index (χ0) is 13.3. The summed E-state index contributed by atoms with van der Waals surface area (Å²) < 4.78 is 0. The smallest absolute Gasteiger partial charge is 0.356 e. The van der Waals surface area contributed by atoms with Gasteiger partial charge in [0.25, 0.3) is 0 Å². The third kappa shape index (κ3) is 1.32. The molecular formula is C16H28N3O+. The van der Waals surface area contributed by atoms with E-state index in [1.807, 2.05) is 0 Å². The second-order valence-corrected chi connectivity index (χ2v) is 7.62. The molecule has 20 heavy (non-hydrogen) atoms. The maximum Gasteiger partial charge on any atom is 0.356 e. The van der Waals surface area contributed by atoms with Crippen molar-refractivity contribution in [1.29, 1.82) is 0 Å². The lowest BCUT2D eigenvalue weighted by atomic mass is 9.85. The van der Waals surface area contributed by atoms with Crippen molar-refractivity contribution < 1.29 is 5.11 Å². The van der Waals surface area contributed by atoms with Gasteiger partial charge < -0.3 is 5.11 Å². The fourth-order valence-electron chi connectivity index (χ4n) is 6.23. The van der Waals surface area contributed by atoms with Crippen molar-refractivity contribution in [3.05, 3.63) is 0 Å². The van der Waals surface area contributed by atoms with Crippen LogP contribution in [-0.2, 0) is 0 Å². The van der Waals surface area contributed by atoms with E-state index in [4.69, 9.17) is 0 Å². The minimum atomic E-state index is -0.466. The van der Waals surface area contributed by atoms with Gasteiger partial charge in [0, 0.05) is 37.3 Å². The molecule has 5 heterocycles. The van der Waals surface area contributed by atoms with Crippen molar-refractivity contribution in [2.45, 2.75) is 87.9 Å². The summed E-state index contributed by atoms with van der Waals surface area (Å²) in [5.41, 5.74) is 0. The van der Waals surface area contributed by atoms with E-state index in [2.05, 4.69) is 14.7 Å². The lowest BCUT2D eigenvalue weighted by molar-refractivity contribution is -0.258. The van der Waals surface area contributed by atoms with Crippen LogP contribution >= 0.6 is 0 Å². The largest absolute Gasteiger partial charge is 0.403 e. The minimum absolute atomic E-state index is 0.466. The Balaban J connectivity index is 1.61. The van der Waals surface area contributed by atoms with E-state index in [0.717, 1.165) is 13.1 Å². The Bertz CT molecular complexity index is 383. The van der Waals surface area contributed by atoms with Crippen molar-refractivity contribution in [3.63, 3.8) is 0 Å². The molecule has 0 aromatic rings. The van der Waals surface area contributed by atoms with Crippen LogP contribution in [0.4, 0.5) is 0 Å². The summed E-state index contributed by atoms with van der Waals surface area (Å²) >= 11 is 0. The van der Waals surface area contributed by atoms with Crippen LogP contribution in [0.15, 0.2) is 0 Å². The van der Waals surface area contributed by atoms with Crippen LogP contribution in [0.3, 0.4) is 0 Å². The average molecular weight is 278 g/mol. The molecule has 112 valence electrons. The van der Waals surface area contributed by atoms with Crippen LogP contribution in [0, 0.1) is 0 Å². The van der Waals surface area contributed by atoms with Crippen LogP contribution in [0.25, 0.3) is 0 Å². The van der Waals surface area contributed by atoms with Crippen LogP contribution in [-0.4, -0.2) is 63.0 Å². The SMILES string of the molecule is [OH2+]C12N3CCCCC3C3CCCC(C4CCCCN41)N32. The zero-order valence-electron chi connectivity index (χ0n) is 12.4. The summed E-state index contributed by atoms with van der Waals surface area (Å²) in [5.74, 6) is -0.466. The Morgan fingerprint density at radius 3 is 1.70 bits per heavy atom. The molecular weight excluding hydrogens is 250 g/mol. The van der Waals surface area contributed by atoms with Crippen LogP contribution < -0.4 is 0 Å². The number of hydrogen-bond acceptors (Lipinski definition) is 3. The van der Waals surface area contributed by atoms with Crippen molar-refractivity contribution in [1.82, 2.24) is 14.7 Å². The second-order valence-electron chi connectivity index (χ2n) is 7.62. The molecule has 0 radical (unpaired) electrons. The number of fused-ring (bicyclic) bond motifs is 6. The summed E-state index contributed by atoms with van der Waals surface area (Å²) in [5, 5.41) is 9.42. The van der Waals surface area contributed by atoms with E-state index in [1.54, 1.807) is 0 Å². The molecule has 4 nitrogen and oxygen atoms in total. The third-order valence-electron chi connectivity index (χ3n) is 6.86. The molecule has 0 spiro atoms. The Hall–Kier alpha value is -0.160. The van der Waals surface area contributed by atoms with E-state index in [1.165, 1.54) is 57.8 Å². The standard InChI is InChI=1S/C16H27N3O/c20-16-17-10-3-1-6-12(17)14-8-5-9-15(19(14)16)13-7-2-4-11-18(13)16/h12-15,20H,1-11H2/p+1. The molecule has 4 heteroatoms. The molecule has 4 unspecified atom stereocenters. The van der Waals surface area contributed by atoms with Gasteiger partial charge in [-0.05, 0) is 38.5 Å². The van der Waals surface area contributed by atoms with Gasteiger partial charge in [-0.15, -0.1) is 0 Å². The van der Waals surface area contributed by atoms with E-state index in [9.17, 15) is 5.11 Å².